The SMILES string of the molecule is CCOc1ccc(-c2nc(C(=O)NCCN3CCOCC3)cs2)cc1. The Morgan fingerprint density at radius 3 is 2.80 bits per heavy atom. The van der Waals surface area contributed by atoms with Gasteiger partial charge in [-0.2, -0.15) is 0 Å². The number of carbonyl (C=O) groups excluding carboxylic acids is 1. The molecule has 2 aromatic rings. The van der Waals surface area contributed by atoms with E-state index in [9.17, 15) is 4.79 Å². The summed E-state index contributed by atoms with van der Waals surface area (Å²) >= 11 is 1.47. The number of nitrogens with one attached hydrogen (secondary N) is 1. The predicted octanol–water partition coefficient (Wildman–Crippen LogP) is 2.27. The molecular formula is C18H23N3O3S. The first kappa shape index (κ1) is 17.8. The fraction of sp³-hybridized carbons (Fsp3) is 0.444. The van der Waals surface area contributed by atoms with Gasteiger partial charge in [0, 0.05) is 37.1 Å². The van der Waals surface area contributed by atoms with Crippen LogP contribution in [-0.2, 0) is 4.74 Å². The summed E-state index contributed by atoms with van der Waals surface area (Å²) in [5.41, 5.74) is 1.46. The standard InChI is InChI=1S/C18H23N3O3S/c1-2-24-15-5-3-14(4-6-15)18-20-16(13-25-18)17(22)19-7-8-21-9-11-23-12-10-21/h3-6,13H,2,7-12H2,1H3,(H,19,22). The fourth-order valence-electron chi connectivity index (χ4n) is 2.61. The van der Waals surface area contributed by atoms with Gasteiger partial charge in [0.05, 0.1) is 19.8 Å². The topological polar surface area (TPSA) is 63.7 Å². The Morgan fingerprint density at radius 2 is 2.08 bits per heavy atom. The lowest BCUT2D eigenvalue weighted by molar-refractivity contribution is 0.0383. The fourth-order valence-corrected chi connectivity index (χ4v) is 3.42. The molecule has 2 heterocycles. The van der Waals surface area contributed by atoms with Gasteiger partial charge in [0.25, 0.3) is 5.91 Å². The van der Waals surface area contributed by atoms with Crippen LogP contribution in [0.2, 0.25) is 0 Å². The largest absolute Gasteiger partial charge is 0.494 e. The van der Waals surface area contributed by atoms with E-state index in [0.717, 1.165) is 49.2 Å². The first-order valence-electron chi connectivity index (χ1n) is 8.53. The van der Waals surface area contributed by atoms with E-state index < -0.39 is 0 Å². The zero-order valence-corrected chi connectivity index (χ0v) is 15.2. The van der Waals surface area contributed by atoms with Crippen LogP contribution in [0, 0.1) is 0 Å². The van der Waals surface area contributed by atoms with E-state index in [2.05, 4.69) is 15.2 Å². The van der Waals surface area contributed by atoms with E-state index in [0.29, 0.717) is 18.8 Å². The number of hydrogen-bond acceptors (Lipinski definition) is 6. The molecule has 1 aromatic heterocycles. The Labute approximate surface area is 151 Å². The summed E-state index contributed by atoms with van der Waals surface area (Å²) in [6, 6.07) is 7.76. The number of hydrogen-bond donors (Lipinski definition) is 1. The van der Waals surface area contributed by atoms with Gasteiger partial charge in [-0.25, -0.2) is 4.98 Å². The molecule has 1 aliphatic heterocycles. The molecule has 0 spiro atoms. The molecular weight excluding hydrogens is 338 g/mol. The maximum atomic E-state index is 12.2. The summed E-state index contributed by atoms with van der Waals surface area (Å²) in [6.07, 6.45) is 0. The van der Waals surface area contributed by atoms with Crippen LogP contribution in [0.3, 0.4) is 0 Å². The zero-order chi connectivity index (χ0) is 17.5. The summed E-state index contributed by atoms with van der Waals surface area (Å²) in [6.45, 7) is 7.45. The van der Waals surface area contributed by atoms with E-state index in [4.69, 9.17) is 9.47 Å². The first-order valence-corrected chi connectivity index (χ1v) is 9.41. The van der Waals surface area contributed by atoms with Gasteiger partial charge < -0.3 is 14.8 Å². The highest BCUT2D eigenvalue weighted by molar-refractivity contribution is 7.13. The quantitative estimate of drug-likeness (QED) is 0.820. The molecule has 1 N–H and O–H groups in total. The summed E-state index contributed by atoms with van der Waals surface area (Å²) in [5, 5.41) is 5.58. The van der Waals surface area contributed by atoms with Crippen molar-refractivity contribution in [3.8, 4) is 16.3 Å². The number of aromatic nitrogens is 1. The van der Waals surface area contributed by atoms with Crippen molar-refractivity contribution in [1.29, 1.82) is 0 Å². The van der Waals surface area contributed by atoms with E-state index >= 15 is 0 Å². The molecule has 1 fully saturated rings. The Morgan fingerprint density at radius 1 is 1.32 bits per heavy atom. The number of carbonyl (C=O) groups is 1. The van der Waals surface area contributed by atoms with Crippen LogP contribution in [0.5, 0.6) is 5.75 Å². The second-order valence-electron chi connectivity index (χ2n) is 5.71. The molecule has 1 aromatic carbocycles. The lowest BCUT2D eigenvalue weighted by Crippen LogP contribution is -2.41. The van der Waals surface area contributed by atoms with Crippen LogP contribution in [0.4, 0.5) is 0 Å². The maximum Gasteiger partial charge on any atom is 0.270 e. The minimum absolute atomic E-state index is 0.123. The molecule has 0 bridgehead atoms. The van der Waals surface area contributed by atoms with E-state index in [1.807, 2.05) is 31.2 Å². The number of nitrogens with zero attached hydrogens (tertiary/aromatic N) is 2. The van der Waals surface area contributed by atoms with Crippen LogP contribution in [-0.4, -0.2) is 61.8 Å². The molecule has 134 valence electrons. The number of thiazole rings is 1. The molecule has 0 saturated carbocycles. The van der Waals surface area contributed by atoms with E-state index in [1.54, 1.807) is 5.38 Å². The lowest BCUT2D eigenvalue weighted by Gasteiger charge is -2.26. The number of morpholine rings is 1. The molecule has 0 aliphatic carbocycles. The molecule has 1 saturated heterocycles. The van der Waals surface area contributed by atoms with Gasteiger partial charge in [-0.05, 0) is 31.2 Å². The number of amides is 1. The highest BCUT2D eigenvalue weighted by atomic mass is 32.1. The second kappa shape index (κ2) is 8.94. The van der Waals surface area contributed by atoms with Gasteiger partial charge in [0.2, 0.25) is 0 Å². The minimum Gasteiger partial charge on any atom is -0.494 e. The number of benzene rings is 1. The third-order valence-corrected chi connectivity index (χ3v) is 4.86. The third-order valence-electron chi connectivity index (χ3n) is 3.97. The summed E-state index contributed by atoms with van der Waals surface area (Å²) in [4.78, 5) is 19.0. The molecule has 0 atom stereocenters. The van der Waals surface area contributed by atoms with Crippen LogP contribution in [0.1, 0.15) is 17.4 Å². The normalized spacial score (nSPS) is 15.1. The van der Waals surface area contributed by atoms with Crippen molar-refractivity contribution in [2.45, 2.75) is 6.92 Å². The minimum atomic E-state index is -0.123. The second-order valence-corrected chi connectivity index (χ2v) is 6.56. The lowest BCUT2D eigenvalue weighted by atomic mass is 10.2. The van der Waals surface area contributed by atoms with Crippen molar-refractivity contribution in [2.24, 2.45) is 0 Å². The van der Waals surface area contributed by atoms with Crippen molar-refractivity contribution < 1.29 is 14.3 Å². The van der Waals surface area contributed by atoms with Crippen LogP contribution in [0.15, 0.2) is 29.6 Å². The molecule has 0 unspecified atom stereocenters. The predicted molar refractivity (Wildman–Crippen MR) is 98.3 cm³/mol. The van der Waals surface area contributed by atoms with Crippen molar-refractivity contribution in [2.75, 3.05) is 46.0 Å². The van der Waals surface area contributed by atoms with Crippen molar-refractivity contribution in [3.63, 3.8) is 0 Å². The monoisotopic (exact) mass is 361 g/mol. The van der Waals surface area contributed by atoms with Gasteiger partial charge in [-0.15, -0.1) is 11.3 Å². The van der Waals surface area contributed by atoms with Gasteiger partial charge in [0.1, 0.15) is 16.5 Å². The summed E-state index contributed by atoms with van der Waals surface area (Å²) in [5.74, 6) is 0.714. The molecule has 3 rings (SSSR count). The maximum absolute atomic E-state index is 12.2. The Balaban J connectivity index is 1.52. The van der Waals surface area contributed by atoms with Gasteiger partial charge in [-0.1, -0.05) is 0 Å². The first-order chi connectivity index (χ1) is 12.3. The van der Waals surface area contributed by atoms with Crippen molar-refractivity contribution in [1.82, 2.24) is 15.2 Å². The smallest absolute Gasteiger partial charge is 0.270 e. The van der Waals surface area contributed by atoms with Crippen LogP contribution in [0.25, 0.3) is 10.6 Å². The van der Waals surface area contributed by atoms with Gasteiger partial charge in [0.15, 0.2) is 0 Å². The van der Waals surface area contributed by atoms with Crippen LogP contribution < -0.4 is 10.1 Å². The average molecular weight is 361 g/mol. The molecule has 0 radical (unpaired) electrons. The third kappa shape index (κ3) is 5.01. The number of ether oxygens (including phenoxy) is 2. The highest BCUT2D eigenvalue weighted by Gasteiger charge is 2.13. The van der Waals surface area contributed by atoms with E-state index in [-0.39, 0.29) is 5.91 Å². The van der Waals surface area contributed by atoms with E-state index in [1.165, 1.54) is 11.3 Å². The Hall–Kier alpha value is -1.96. The summed E-state index contributed by atoms with van der Waals surface area (Å²) < 4.78 is 10.8. The molecule has 7 heteroatoms. The average Bonchev–Trinajstić information content (AvgIpc) is 3.14. The van der Waals surface area contributed by atoms with Gasteiger partial charge in [-0.3, -0.25) is 9.69 Å². The van der Waals surface area contributed by atoms with Crippen molar-refractivity contribution in [3.05, 3.63) is 35.3 Å². The molecule has 6 nitrogen and oxygen atoms in total. The molecule has 1 aliphatic rings. The van der Waals surface area contributed by atoms with Crippen molar-refractivity contribution >= 4 is 17.2 Å². The molecule has 25 heavy (non-hydrogen) atoms. The molecule has 1 amide bonds. The summed E-state index contributed by atoms with van der Waals surface area (Å²) in [7, 11) is 0. The highest BCUT2D eigenvalue weighted by Crippen LogP contribution is 2.25. The number of rotatable bonds is 7. The van der Waals surface area contributed by atoms with Crippen LogP contribution >= 0.6 is 11.3 Å². The zero-order valence-electron chi connectivity index (χ0n) is 14.4. The Bertz CT molecular complexity index is 681. The van der Waals surface area contributed by atoms with Gasteiger partial charge >= 0.3 is 0 Å². The Kier molecular flexibility index (Phi) is 6.38.